The van der Waals surface area contributed by atoms with Crippen LogP contribution < -0.4 is 5.32 Å². The molecule has 3 aromatic rings. The molecule has 0 atom stereocenters. The third-order valence-corrected chi connectivity index (χ3v) is 3.63. The molecule has 5 heteroatoms. The minimum absolute atomic E-state index is 0.622. The van der Waals surface area contributed by atoms with Gasteiger partial charge in [0.1, 0.15) is 11.4 Å². The van der Waals surface area contributed by atoms with Crippen LogP contribution in [0.25, 0.3) is 11.3 Å². The molecule has 0 fully saturated rings. The van der Waals surface area contributed by atoms with Crippen LogP contribution in [0.4, 0.5) is 5.69 Å². The Bertz CT molecular complexity index is 717. The van der Waals surface area contributed by atoms with Crippen molar-refractivity contribution < 1.29 is 0 Å². The van der Waals surface area contributed by atoms with Crippen LogP contribution in [0, 0.1) is 6.92 Å². The van der Waals surface area contributed by atoms with Gasteiger partial charge in [0.15, 0.2) is 0 Å². The molecular weight excluding hydrogens is 328 g/mol. The van der Waals surface area contributed by atoms with Crippen molar-refractivity contribution in [1.29, 1.82) is 0 Å². The van der Waals surface area contributed by atoms with Gasteiger partial charge in [-0.25, -0.2) is 0 Å². The van der Waals surface area contributed by atoms with Crippen LogP contribution in [0.1, 0.15) is 11.3 Å². The number of aromatic amines is 1. The summed E-state index contributed by atoms with van der Waals surface area (Å²) >= 11 is 3.51. The molecule has 1 heterocycles. The summed E-state index contributed by atoms with van der Waals surface area (Å²) in [5.74, 6) is 0. The van der Waals surface area contributed by atoms with Crippen LogP contribution in [0.3, 0.4) is 0 Å². The fraction of sp³-hybridized carbons (Fsp3) is 0.125. The molecule has 21 heavy (non-hydrogen) atoms. The first kappa shape index (κ1) is 13.8. The van der Waals surface area contributed by atoms with E-state index in [0.29, 0.717) is 6.54 Å². The number of hydrogen-bond acceptors (Lipinski definition) is 3. The van der Waals surface area contributed by atoms with Gasteiger partial charge in [-0.15, -0.1) is 0 Å². The summed E-state index contributed by atoms with van der Waals surface area (Å²) in [5, 5.41) is 14.6. The third-order valence-electron chi connectivity index (χ3n) is 3.17. The van der Waals surface area contributed by atoms with Crippen LogP contribution in [0.15, 0.2) is 53.0 Å². The number of nitrogens with zero attached hydrogens (tertiary/aromatic N) is 2. The highest BCUT2D eigenvalue weighted by atomic mass is 79.9. The number of aryl methyl sites for hydroxylation is 1. The Kier molecular flexibility index (Phi) is 4.01. The maximum atomic E-state index is 4.25. The number of hydrogen-bond donors (Lipinski definition) is 2. The van der Waals surface area contributed by atoms with Crippen molar-refractivity contribution in [2.24, 2.45) is 0 Å². The molecule has 2 aromatic carbocycles. The molecule has 2 N–H and O–H groups in total. The van der Waals surface area contributed by atoms with Crippen LogP contribution in [-0.4, -0.2) is 15.4 Å². The molecule has 0 saturated carbocycles. The number of benzene rings is 2. The Morgan fingerprint density at radius 1 is 1.10 bits per heavy atom. The van der Waals surface area contributed by atoms with E-state index in [4.69, 9.17) is 0 Å². The fourth-order valence-electron chi connectivity index (χ4n) is 2.23. The van der Waals surface area contributed by atoms with Crippen LogP contribution in [0.2, 0.25) is 0 Å². The van der Waals surface area contributed by atoms with E-state index in [0.717, 1.165) is 27.1 Å². The van der Waals surface area contributed by atoms with Crippen LogP contribution in [-0.2, 0) is 6.54 Å². The van der Waals surface area contributed by atoms with E-state index in [1.165, 1.54) is 5.56 Å². The van der Waals surface area contributed by atoms with Crippen LogP contribution >= 0.6 is 15.9 Å². The molecule has 4 nitrogen and oxygen atoms in total. The average Bonchev–Trinajstić information content (AvgIpc) is 2.93. The van der Waals surface area contributed by atoms with E-state index in [2.05, 4.69) is 61.8 Å². The normalized spacial score (nSPS) is 10.6. The predicted molar refractivity (Wildman–Crippen MR) is 88.0 cm³/mol. The quantitative estimate of drug-likeness (QED) is 0.748. The monoisotopic (exact) mass is 342 g/mol. The Labute approximate surface area is 131 Å². The molecule has 0 bridgehead atoms. The molecule has 0 saturated heterocycles. The summed E-state index contributed by atoms with van der Waals surface area (Å²) in [6, 6.07) is 16.3. The van der Waals surface area contributed by atoms with Gasteiger partial charge in [-0.1, -0.05) is 46.3 Å². The fourth-order valence-corrected chi connectivity index (χ4v) is 2.84. The second-order valence-corrected chi connectivity index (χ2v) is 5.77. The molecule has 0 spiro atoms. The SMILES string of the molecule is Cc1cc(Br)cc(NCc2n[nH]nc2-c2ccccc2)c1. The average molecular weight is 343 g/mol. The summed E-state index contributed by atoms with van der Waals surface area (Å²) in [7, 11) is 0. The Hall–Kier alpha value is -2.14. The molecule has 0 amide bonds. The van der Waals surface area contributed by atoms with E-state index >= 15 is 0 Å². The lowest BCUT2D eigenvalue weighted by atomic mass is 10.1. The van der Waals surface area contributed by atoms with Crippen molar-refractivity contribution in [2.45, 2.75) is 13.5 Å². The summed E-state index contributed by atoms with van der Waals surface area (Å²) in [5.41, 5.74) is 5.11. The highest BCUT2D eigenvalue weighted by Gasteiger charge is 2.09. The number of aromatic nitrogens is 3. The van der Waals surface area contributed by atoms with Gasteiger partial charge in [0.25, 0.3) is 0 Å². The summed E-state index contributed by atoms with van der Waals surface area (Å²) < 4.78 is 1.06. The summed E-state index contributed by atoms with van der Waals surface area (Å²) in [4.78, 5) is 0. The highest BCUT2D eigenvalue weighted by molar-refractivity contribution is 9.10. The third kappa shape index (κ3) is 3.31. The predicted octanol–water partition coefficient (Wildman–Crippen LogP) is 4.15. The van der Waals surface area contributed by atoms with Gasteiger partial charge in [-0.2, -0.15) is 15.4 Å². The first-order chi connectivity index (χ1) is 10.2. The first-order valence-electron chi connectivity index (χ1n) is 6.68. The molecule has 3 rings (SSSR count). The minimum atomic E-state index is 0.622. The van der Waals surface area contributed by atoms with Gasteiger partial charge < -0.3 is 5.32 Å². The zero-order chi connectivity index (χ0) is 14.7. The Morgan fingerprint density at radius 2 is 1.90 bits per heavy atom. The summed E-state index contributed by atoms with van der Waals surface area (Å²) in [6.45, 7) is 2.69. The lowest BCUT2D eigenvalue weighted by Gasteiger charge is -2.07. The number of rotatable bonds is 4. The maximum Gasteiger partial charge on any atom is 0.117 e. The van der Waals surface area contributed by atoms with Crippen molar-refractivity contribution in [1.82, 2.24) is 15.4 Å². The van der Waals surface area contributed by atoms with E-state index in [-0.39, 0.29) is 0 Å². The number of nitrogens with one attached hydrogen (secondary N) is 2. The van der Waals surface area contributed by atoms with Crippen molar-refractivity contribution in [3.63, 3.8) is 0 Å². The van der Waals surface area contributed by atoms with Crippen molar-refractivity contribution in [3.05, 3.63) is 64.3 Å². The second-order valence-electron chi connectivity index (χ2n) is 4.86. The number of halogens is 1. The molecule has 0 radical (unpaired) electrons. The lowest BCUT2D eigenvalue weighted by molar-refractivity contribution is 0.911. The van der Waals surface area contributed by atoms with Gasteiger partial charge in [0.2, 0.25) is 0 Å². The largest absolute Gasteiger partial charge is 0.379 e. The van der Waals surface area contributed by atoms with Gasteiger partial charge in [-0.3, -0.25) is 0 Å². The molecule has 0 aliphatic heterocycles. The molecule has 0 aliphatic rings. The standard InChI is InChI=1S/C16H15BrN4/c1-11-7-13(17)9-14(8-11)18-10-15-16(20-21-19-15)12-5-3-2-4-6-12/h2-9,18H,10H2,1H3,(H,19,20,21). The summed E-state index contributed by atoms with van der Waals surface area (Å²) in [6.07, 6.45) is 0. The number of anilines is 1. The number of H-pyrrole nitrogens is 1. The molecular formula is C16H15BrN4. The first-order valence-corrected chi connectivity index (χ1v) is 7.48. The van der Waals surface area contributed by atoms with Crippen molar-refractivity contribution >= 4 is 21.6 Å². The lowest BCUT2D eigenvalue weighted by Crippen LogP contribution is -2.01. The zero-order valence-corrected chi connectivity index (χ0v) is 13.2. The van der Waals surface area contributed by atoms with Gasteiger partial charge in [0.05, 0.1) is 6.54 Å². The maximum absolute atomic E-state index is 4.25. The van der Waals surface area contributed by atoms with Gasteiger partial charge >= 0.3 is 0 Å². The molecule has 0 aliphatic carbocycles. The van der Waals surface area contributed by atoms with Crippen molar-refractivity contribution in [2.75, 3.05) is 5.32 Å². The van der Waals surface area contributed by atoms with Crippen molar-refractivity contribution in [3.8, 4) is 11.3 Å². The smallest absolute Gasteiger partial charge is 0.117 e. The van der Waals surface area contributed by atoms with E-state index < -0.39 is 0 Å². The molecule has 106 valence electrons. The minimum Gasteiger partial charge on any atom is -0.379 e. The van der Waals surface area contributed by atoms with Gasteiger partial charge in [-0.05, 0) is 30.7 Å². The van der Waals surface area contributed by atoms with Gasteiger partial charge in [0, 0.05) is 15.7 Å². The highest BCUT2D eigenvalue weighted by Crippen LogP contribution is 2.22. The topological polar surface area (TPSA) is 53.6 Å². The molecule has 0 unspecified atom stereocenters. The van der Waals surface area contributed by atoms with E-state index in [9.17, 15) is 0 Å². The zero-order valence-electron chi connectivity index (χ0n) is 11.6. The Morgan fingerprint density at radius 3 is 2.67 bits per heavy atom. The Balaban J connectivity index is 1.79. The second kappa shape index (κ2) is 6.10. The van der Waals surface area contributed by atoms with E-state index in [1.807, 2.05) is 30.3 Å². The molecule has 1 aromatic heterocycles. The van der Waals surface area contributed by atoms with Crippen LogP contribution in [0.5, 0.6) is 0 Å². The van der Waals surface area contributed by atoms with E-state index in [1.54, 1.807) is 0 Å².